The average molecular weight is 434 g/mol. The number of hydrogen-bond donors (Lipinski definition) is 1. The average Bonchev–Trinajstić information content (AvgIpc) is 3.16. The van der Waals surface area contributed by atoms with Crippen LogP contribution in [-0.4, -0.2) is 20.9 Å². The SMILES string of the molecule is Cc1cc(OCc2cccc(F)c2)ccc1NC(=O)c1nnn(-c2ccc(F)cc2)c1C. The minimum Gasteiger partial charge on any atom is -0.489 e. The largest absolute Gasteiger partial charge is 0.489 e. The molecule has 162 valence electrons. The molecule has 3 aromatic carbocycles. The summed E-state index contributed by atoms with van der Waals surface area (Å²) in [5.41, 5.74) is 3.41. The third-order valence-electron chi connectivity index (χ3n) is 4.92. The van der Waals surface area contributed by atoms with Gasteiger partial charge in [0.25, 0.3) is 5.91 Å². The Morgan fingerprint density at radius 1 is 1.00 bits per heavy atom. The van der Waals surface area contributed by atoms with Crippen LogP contribution < -0.4 is 10.1 Å². The Kier molecular flexibility index (Phi) is 5.93. The molecule has 1 heterocycles. The van der Waals surface area contributed by atoms with Crippen LogP contribution >= 0.6 is 0 Å². The second-order valence-corrected chi connectivity index (χ2v) is 7.26. The van der Waals surface area contributed by atoms with Crippen molar-refractivity contribution >= 4 is 11.6 Å². The lowest BCUT2D eigenvalue weighted by molar-refractivity contribution is 0.102. The number of ether oxygens (including phenoxy) is 1. The lowest BCUT2D eigenvalue weighted by atomic mass is 10.1. The molecule has 0 spiro atoms. The maximum absolute atomic E-state index is 13.3. The van der Waals surface area contributed by atoms with Gasteiger partial charge >= 0.3 is 0 Å². The number of nitrogens with one attached hydrogen (secondary N) is 1. The van der Waals surface area contributed by atoms with Crippen molar-refractivity contribution in [3.63, 3.8) is 0 Å². The highest BCUT2D eigenvalue weighted by Crippen LogP contribution is 2.23. The summed E-state index contributed by atoms with van der Waals surface area (Å²) in [7, 11) is 0. The quantitative estimate of drug-likeness (QED) is 0.464. The molecule has 0 aliphatic carbocycles. The van der Waals surface area contributed by atoms with Gasteiger partial charge in [0.1, 0.15) is 24.0 Å². The Hall–Kier alpha value is -4.07. The summed E-state index contributed by atoms with van der Waals surface area (Å²) in [6.45, 7) is 3.79. The first-order chi connectivity index (χ1) is 15.4. The third-order valence-corrected chi connectivity index (χ3v) is 4.92. The first-order valence-corrected chi connectivity index (χ1v) is 9.88. The van der Waals surface area contributed by atoms with E-state index in [0.29, 0.717) is 22.8 Å². The molecule has 4 aromatic rings. The standard InChI is InChI=1S/C24H20F2N4O2/c1-15-12-21(32-14-17-4-3-5-19(26)13-17)10-11-22(15)27-24(31)23-16(2)30(29-28-23)20-8-6-18(25)7-9-20/h3-13H,14H2,1-2H3,(H,27,31). The fourth-order valence-corrected chi connectivity index (χ4v) is 3.21. The maximum atomic E-state index is 13.3. The zero-order valence-electron chi connectivity index (χ0n) is 17.5. The van der Waals surface area contributed by atoms with E-state index >= 15 is 0 Å². The van der Waals surface area contributed by atoms with Gasteiger partial charge in [-0.1, -0.05) is 17.3 Å². The number of aromatic nitrogens is 3. The van der Waals surface area contributed by atoms with Crippen LogP contribution in [0.1, 0.15) is 27.3 Å². The predicted molar refractivity (Wildman–Crippen MR) is 116 cm³/mol. The van der Waals surface area contributed by atoms with Gasteiger partial charge in [0.05, 0.1) is 11.4 Å². The second-order valence-electron chi connectivity index (χ2n) is 7.26. The highest BCUT2D eigenvalue weighted by molar-refractivity contribution is 6.04. The molecule has 0 aliphatic rings. The van der Waals surface area contributed by atoms with Gasteiger partial charge in [-0.3, -0.25) is 4.79 Å². The predicted octanol–water partition coefficient (Wildman–Crippen LogP) is 4.99. The first-order valence-electron chi connectivity index (χ1n) is 9.88. The van der Waals surface area contributed by atoms with E-state index in [2.05, 4.69) is 15.6 Å². The van der Waals surface area contributed by atoms with Crippen LogP contribution in [0.4, 0.5) is 14.5 Å². The lowest BCUT2D eigenvalue weighted by Crippen LogP contribution is -2.15. The molecule has 0 unspecified atom stereocenters. The summed E-state index contributed by atoms with van der Waals surface area (Å²) in [5, 5.41) is 10.8. The van der Waals surface area contributed by atoms with Crippen molar-refractivity contribution in [3.05, 3.63) is 101 Å². The first kappa shape index (κ1) is 21.2. The number of amides is 1. The number of rotatable bonds is 6. The normalized spacial score (nSPS) is 10.8. The van der Waals surface area contributed by atoms with Crippen LogP contribution in [0.15, 0.2) is 66.7 Å². The highest BCUT2D eigenvalue weighted by atomic mass is 19.1. The molecule has 4 rings (SSSR count). The molecule has 0 bridgehead atoms. The second kappa shape index (κ2) is 8.97. The molecule has 32 heavy (non-hydrogen) atoms. The van der Waals surface area contributed by atoms with E-state index in [1.807, 2.05) is 6.92 Å². The summed E-state index contributed by atoms with van der Waals surface area (Å²) in [6.07, 6.45) is 0. The van der Waals surface area contributed by atoms with E-state index in [9.17, 15) is 13.6 Å². The van der Waals surface area contributed by atoms with Crippen molar-refractivity contribution in [3.8, 4) is 11.4 Å². The van der Waals surface area contributed by atoms with Gasteiger partial charge in [0.2, 0.25) is 0 Å². The van der Waals surface area contributed by atoms with Gasteiger partial charge < -0.3 is 10.1 Å². The number of benzene rings is 3. The highest BCUT2D eigenvalue weighted by Gasteiger charge is 2.18. The monoisotopic (exact) mass is 434 g/mol. The zero-order valence-corrected chi connectivity index (χ0v) is 17.5. The van der Waals surface area contributed by atoms with E-state index in [0.717, 1.165) is 11.1 Å². The van der Waals surface area contributed by atoms with Crippen LogP contribution in [0.25, 0.3) is 5.69 Å². The third kappa shape index (κ3) is 4.64. The number of halogens is 2. The minimum atomic E-state index is -0.410. The van der Waals surface area contributed by atoms with Crippen molar-refractivity contribution < 1.29 is 18.3 Å². The molecule has 0 fully saturated rings. The number of anilines is 1. The summed E-state index contributed by atoms with van der Waals surface area (Å²) in [5.74, 6) is -0.481. The van der Waals surface area contributed by atoms with Gasteiger partial charge in [-0.15, -0.1) is 5.10 Å². The van der Waals surface area contributed by atoms with E-state index in [4.69, 9.17) is 4.74 Å². The smallest absolute Gasteiger partial charge is 0.278 e. The van der Waals surface area contributed by atoms with Crippen LogP contribution in [0.5, 0.6) is 5.75 Å². The van der Waals surface area contributed by atoms with Gasteiger partial charge in [0, 0.05) is 5.69 Å². The van der Waals surface area contributed by atoms with E-state index < -0.39 is 5.91 Å². The Morgan fingerprint density at radius 3 is 2.50 bits per heavy atom. The number of nitrogens with zero attached hydrogens (tertiary/aromatic N) is 3. The van der Waals surface area contributed by atoms with E-state index in [-0.39, 0.29) is 23.9 Å². The van der Waals surface area contributed by atoms with Crippen LogP contribution in [0, 0.1) is 25.5 Å². The number of aryl methyl sites for hydroxylation is 1. The van der Waals surface area contributed by atoms with Crippen molar-refractivity contribution in [1.29, 1.82) is 0 Å². The van der Waals surface area contributed by atoms with E-state index in [1.165, 1.54) is 28.9 Å². The Labute approximate surface area is 183 Å². The molecule has 1 amide bonds. The number of carbonyl (C=O) groups excluding carboxylic acids is 1. The Morgan fingerprint density at radius 2 is 1.78 bits per heavy atom. The van der Waals surface area contributed by atoms with Gasteiger partial charge in [-0.2, -0.15) is 0 Å². The van der Waals surface area contributed by atoms with Crippen molar-refractivity contribution in [1.82, 2.24) is 15.0 Å². The van der Waals surface area contributed by atoms with Gasteiger partial charge in [-0.25, -0.2) is 13.5 Å². The molecule has 0 atom stereocenters. The van der Waals surface area contributed by atoms with Gasteiger partial charge in [-0.05, 0) is 79.6 Å². The van der Waals surface area contributed by atoms with Crippen molar-refractivity contribution in [2.75, 3.05) is 5.32 Å². The maximum Gasteiger partial charge on any atom is 0.278 e. The topological polar surface area (TPSA) is 69.0 Å². The van der Waals surface area contributed by atoms with Crippen molar-refractivity contribution in [2.24, 2.45) is 0 Å². The molecule has 0 radical (unpaired) electrons. The Bertz CT molecular complexity index is 1270. The fourth-order valence-electron chi connectivity index (χ4n) is 3.21. The number of hydrogen-bond acceptors (Lipinski definition) is 4. The summed E-state index contributed by atoms with van der Waals surface area (Å²) >= 11 is 0. The van der Waals surface area contributed by atoms with Crippen LogP contribution in [-0.2, 0) is 6.61 Å². The Balaban J connectivity index is 1.45. The summed E-state index contributed by atoms with van der Waals surface area (Å²) in [6, 6.07) is 17.2. The molecule has 0 saturated heterocycles. The van der Waals surface area contributed by atoms with Crippen molar-refractivity contribution in [2.45, 2.75) is 20.5 Å². The molecule has 1 N–H and O–H groups in total. The zero-order chi connectivity index (χ0) is 22.7. The fraction of sp³-hybridized carbons (Fsp3) is 0.125. The molecular formula is C24H20F2N4O2. The minimum absolute atomic E-state index is 0.167. The molecule has 1 aromatic heterocycles. The van der Waals surface area contributed by atoms with Gasteiger partial charge in [0.15, 0.2) is 5.69 Å². The molecule has 0 aliphatic heterocycles. The molecule has 6 nitrogen and oxygen atoms in total. The van der Waals surface area contributed by atoms with Crippen LogP contribution in [0.3, 0.4) is 0 Å². The van der Waals surface area contributed by atoms with Crippen LogP contribution in [0.2, 0.25) is 0 Å². The lowest BCUT2D eigenvalue weighted by Gasteiger charge is -2.11. The molecular weight excluding hydrogens is 414 g/mol. The van der Waals surface area contributed by atoms with E-state index in [1.54, 1.807) is 49.4 Å². The molecule has 0 saturated carbocycles. The number of carbonyl (C=O) groups is 1. The summed E-state index contributed by atoms with van der Waals surface area (Å²) in [4.78, 5) is 12.8. The summed E-state index contributed by atoms with van der Waals surface area (Å²) < 4.78 is 33.7. The molecule has 8 heteroatoms.